The monoisotopic (exact) mass is 289 g/mol. The molecule has 1 aliphatic heterocycles. The predicted octanol–water partition coefficient (Wildman–Crippen LogP) is 4.13. The Labute approximate surface area is 128 Å². The minimum Gasteiger partial charge on any atom is -0.382 e. The van der Waals surface area contributed by atoms with Crippen molar-refractivity contribution < 1.29 is 9.47 Å². The van der Waals surface area contributed by atoms with Crippen LogP contribution in [0.15, 0.2) is 24.3 Å². The minimum atomic E-state index is 0.165. The molecule has 2 fully saturated rings. The van der Waals surface area contributed by atoms with Gasteiger partial charge in [-0.1, -0.05) is 31.4 Å². The fraction of sp³-hybridized carbons (Fsp3) is 0.667. The highest BCUT2D eigenvalue weighted by Crippen LogP contribution is 2.39. The van der Waals surface area contributed by atoms with Crippen LogP contribution in [0.25, 0.3) is 0 Å². The maximum absolute atomic E-state index is 6.18. The summed E-state index contributed by atoms with van der Waals surface area (Å²) in [6, 6.07) is 9.11. The van der Waals surface area contributed by atoms with Gasteiger partial charge in [-0.05, 0) is 43.4 Å². The molecule has 3 rings (SSSR count). The Morgan fingerprint density at radius 1 is 1.29 bits per heavy atom. The number of benzene rings is 1. The summed E-state index contributed by atoms with van der Waals surface area (Å²) in [6.45, 7) is 1.57. The largest absolute Gasteiger partial charge is 0.382 e. The van der Waals surface area contributed by atoms with Crippen LogP contribution < -0.4 is 5.32 Å². The molecule has 21 heavy (non-hydrogen) atoms. The topological polar surface area (TPSA) is 30.5 Å². The van der Waals surface area contributed by atoms with Crippen molar-refractivity contribution in [3.05, 3.63) is 29.8 Å². The van der Waals surface area contributed by atoms with E-state index in [-0.39, 0.29) is 5.60 Å². The first-order chi connectivity index (χ1) is 10.3. The lowest BCUT2D eigenvalue weighted by molar-refractivity contribution is -0.103. The number of ether oxygens (including phenoxy) is 2. The van der Waals surface area contributed by atoms with Gasteiger partial charge in [-0.25, -0.2) is 0 Å². The first-order valence-electron chi connectivity index (χ1n) is 8.28. The molecule has 3 heteroatoms. The molecule has 1 atom stereocenters. The van der Waals surface area contributed by atoms with E-state index >= 15 is 0 Å². The Morgan fingerprint density at radius 3 is 2.95 bits per heavy atom. The van der Waals surface area contributed by atoms with Crippen molar-refractivity contribution >= 4 is 5.69 Å². The van der Waals surface area contributed by atoms with Crippen LogP contribution in [-0.4, -0.2) is 25.4 Å². The smallest absolute Gasteiger partial charge is 0.0713 e. The highest BCUT2D eigenvalue weighted by atomic mass is 16.5. The molecule has 1 aliphatic carbocycles. The predicted molar refractivity (Wildman–Crippen MR) is 85.6 cm³/mol. The molecule has 1 spiro atoms. The second-order valence-electron chi connectivity index (χ2n) is 6.56. The molecular formula is C18H27NO2. The average Bonchev–Trinajstić information content (AvgIpc) is 2.49. The summed E-state index contributed by atoms with van der Waals surface area (Å²) >= 11 is 0. The molecule has 116 valence electrons. The van der Waals surface area contributed by atoms with E-state index in [9.17, 15) is 0 Å². The van der Waals surface area contributed by atoms with Crippen LogP contribution in [-0.2, 0) is 16.1 Å². The van der Waals surface area contributed by atoms with Crippen molar-refractivity contribution in [3.8, 4) is 0 Å². The lowest BCUT2D eigenvalue weighted by Crippen LogP contribution is -2.45. The summed E-state index contributed by atoms with van der Waals surface area (Å²) in [7, 11) is 1.74. The minimum absolute atomic E-state index is 0.165. The third-order valence-corrected chi connectivity index (χ3v) is 4.87. The van der Waals surface area contributed by atoms with Crippen molar-refractivity contribution in [1.29, 1.82) is 0 Å². The zero-order valence-corrected chi connectivity index (χ0v) is 13.1. The fourth-order valence-electron chi connectivity index (χ4n) is 3.85. The lowest BCUT2D eigenvalue weighted by Gasteiger charge is -2.44. The lowest BCUT2D eigenvalue weighted by atomic mass is 9.78. The van der Waals surface area contributed by atoms with E-state index in [0.717, 1.165) is 19.4 Å². The van der Waals surface area contributed by atoms with Gasteiger partial charge in [0.25, 0.3) is 0 Å². The second kappa shape index (κ2) is 6.80. The summed E-state index contributed by atoms with van der Waals surface area (Å²) in [4.78, 5) is 0. The first kappa shape index (κ1) is 14.9. The van der Waals surface area contributed by atoms with E-state index < -0.39 is 0 Å². The summed E-state index contributed by atoms with van der Waals surface area (Å²) in [5.74, 6) is 0. The van der Waals surface area contributed by atoms with Gasteiger partial charge < -0.3 is 14.8 Å². The van der Waals surface area contributed by atoms with E-state index in [2.05, 4.69) is 29.6 Å². The van der Waals surface area contributed by atoms with Gasteiger partial charge in [0.1, 0.15) is 0 Å². The van der Waals surface area contributed by atoms with Gasteiger partial charge in [0.05, 0.1) is 12.2 Å². The van der Waals surface area contributed by atoms with Gasteiger partial charge in [-0.3, -0.25) is 0 Å². The van der Waals surface area contributed by atoms with Gasteiger partial charge in [0.15, 0.2) is 0 Å². The standard InChI is InChI=1S/C18H27NO2/c1-20-14-15-6-5-7-16(12-15)19-17-8-11-21-18(13-17)9-3-2-4-10-18/h5-7,12,17,19H,2-4,8-11,13-14H2,1H3. The maximum atomic E-state index is 6.18. The molecule has 0 aromatic heterocycles. The maximum Gasteiger partial charge on any atom is 0.0713 e. The molecule has 0 bridgehead atoms. The van der Waals surface area contributed by atoms with E-state index in [4.69, 9.17) is 9.47 Å². The molecular weight excluding hydrogens is 262 g/mol. The van der Waals surface area contributed by atoms with Crippen molar-refractivity contribution in [2.45, 2.75) is 63.2 Å². The Bertz CT molecular complexity index is 449. The Morgan fingerprint density at radius 2 is 2.14 bits per heavy atom. The zero-order valence-electron chi connectivity index (χ0n) is 13.1. The number of anilines is 1. The normalized spacial score (nSPS) is 24.9. The van der Waals surface area contributed by atoms with E-state index in [1.165, 1.54) is 43.4 Å². The quantitative estimate of drug-likeness (QED) is 0.904. The molecule has 3 nitrogen and oxygen atoms in total. The number of hydrogen-bond donors (Lipinski definition) is 1. The SMILES string of the molecule is COCc1cccc(NC2CCOC3(CCCCC3)C2)c1. The van der Waals surface area contributed by atoms with Gasteiger partial charge in [0, 0.05) is 25.4 Å². The molecule has 1 aromatic carbocycles. The number of nitrogens with one attached hydrogen (secondary N) is 1. The number of methoxy groups -OCH3 is 1. The van der Waals surface area contributed by atoms with Crippen LogP contribution in [0.2, 0.25) is 0 Å². The molecule has 1 saturated heterocycles. The van der Waals surface area contributed by atoms with Crippen LogP contribution in [0.5, 0.6) is 0 Å². The van der Waals surface area contributed by atoms with E-state index in [0.29, 0.717) is 12.6 Å². The number of hydrogen-bond acceptors (Lipinski definition) is 3. The van der Waals surface area contributed by atoms with Gasteiger partial charge in [0.2, 0.25) is 0 Å². The number of rotatable bonds is 4. The van der Waals surface area contributed by atoms with Crippen LogP contribution in [0, 0.1) is 0 Å². The second-order valence-corrected chi connectivity index (χ2v) is 6.56. The summed E-state index contributed by atoms with van der Waals surface area (Å²) < 4.78 is 11.4. The van der Waals surface area contributed by atoms with Crippen LogP contribution in [0.1, 0.15) is 50.5 Å². The molecule has 0 amide bonds. The molecule has 0 radical (unpaired) electrons. The van der Waals surface area contributed by atoms with Crippen molar-refractivity contribution in [2.24, 2.45) is 0 Å². The fourth-order valence-corrected chi connectivity index (χ4v) is 3.85. The van der Waals surface area contributed by atoms with Gasteiger partial charge >= 0.3 is 0 Å². The van der Waals surface area contributed by atoms with E-state index in [1.54, 1.807) is 7.11 Å². The van der Waals surface area contributed by atoms with Crippen LogP contribution >= 0.6 is 0 Å². The molecule has 1 saturated carbocycles. The molecule has 1 heterocycles. The van der Waals surface area contributed by atoms with Crippen molar-refractivity contribution in [2.75, 3.05) is 19.0 Å². The third kappa shape index (κ3) is 3.78. The zero-order chi connectivity index (χ0) is 14.5. The molecule has 1 aromatic rings. The highest BCUT2D eigenvalue weighted by molar-refractivity contribution is 5.46. The molecule has 1 N–H and O–H groups in total. The molecule has 2 aliphatic rings. The highest BCUT2D eigenvalue weighted by Gasteiger charge is 2.38. The first-order valence-corrected chi connectivity index (χ1v) is 8.28. The Hall–Kier alpha value is -1.06. The third-order valence-electron chi connectivity index (χ3n) is 4.87. The Balaban J connectivity index is 1.63. The van der Waals surface area contributed by atoms with Crippen LogP contribution in [0.4, 0.5) is 5.69 Å². The van der Waals surface area contributed by atoms with Gasteiger partial charge in [-0.2, -0.15) is 0 Å². The van der Waals surface area contributed by atoms with Crippen molar-refractivity contribution in [1.82, 2.24) is 0 Å². The van der Waals surface area contributed by atoms with E-state index in [1.807, 2.05) is 0 Å². The van der Waals surface area contributed by atoms with Crippen molar-refractivity contribution in [3.63, 3.8) is 0 Å². The van der Waals surface area contributed by atoms with Gasteiger partial charge in [-0.15, -0.1) is 0 Å². The Kier molecular flexibility index (Phi) is 4.81. The average molecular weight is 289 g/mol. The summed E-state index contributed by atoms with van der Waals surface area (Å²) in [5.41, 5.74) is 2.60. The molecule has 1 unspecified atom stereocenters. The van der Waals surface area contributed by atoms with Crippen LogP contribution in [0.3, 0.4) is 0 Å². The summed E-state index contributed by atoms with van der Waals surface area (Å²) in [6.07, 6.45) is 8.79. The summed E-state index contributed by atoms with van der Waals surface area (Å²) in [5, 5.41) is 3.72.